The average Bonchev–Trinajstić information content (AvgIpc) is 2.67. The number of rotatable bonds is 4. The number of nitrogens with zero attached hydrogens (tertiary/aromatic N) is 2. The van der Waals surface area contributed by atoms with Crippen LogP contribution in [0.25, 0.3) is 0 Å². The van der Waals surface area contributed by atoms with Crippen molar-refractivity contribution >= 4 is 0 Å². The highest BCUT2D eigenvalue weighted by Crippen LogP contribution is 2.33. The second-order valence-electron chi connectivity index (χ2n) is 6.06. The first-order valence-corrected chi connectivity index (χ1v) is 7.47. The van der Waals surface area contributed by atoms with Gasteiger partial charge in [-0.25, -0.2) is 0 Å². The fourth-order valence-electron chi connectivity index (χ4n) is 3.58. The van der Waals surface area contributed by atoms with E-state index in [4.69, 9.17) is 0 Å². The van der Waals surface area contributed by atoms with Crippen molar-refractivity contribution in [1.29, 1.82) is 0 Å². The molecule has 1 aliphatic heterocycles. The van der Waals surface area contributed by atoms with Crippen LogP contribution in [0.2, 0.25) is 0 Å². The molecule has 0 bridgehead atoms. The van der Waals surface area contributed by atoms with Gasteiger partial charge in [0.05, 0.1) is 6.61 Å². The Kier molecular flexibility index (Phi) is 5.01. The van der Waals surface area contributed by atoms with E-state index in [0.717, 1.165) is 19.4 Å². The summed E-state index contributed by atoms with van der Waals surface area (Å²) >= 11 is 0. The second kappa shape index (κ2) is 6.33. The summed E-state index contributed by atoms with van der Waals surface area (Å²) in [7, 11) is 2.22. The molecular formula is C14H29N3O. The Labute approximate surface area is 111 Å². The van der Waals surface area contributed by atoms with Crippen LogP contribution in [-0.4, -0.2) is 72.9 Å². The fraction of sp³-hybridized carbons (Fsp3) is 1.00. The molecule has 0 amide bonds. The van der Waals surface area contributed by atoms with Crippen LogP contribution in [0.1, 0.15) is 32.6 Å². The van der Waals surface area contributed by atoms with Gasteiger partial charge in [-0.15, -0.1) is 0 Å². The first-order chi connectivity index (χ1) is 8.69. The lowest BCUT2D eigenvalue weighted by atomic mass is 9.98. The van der Waals surface area contributed by atoms with E-state index in [-0.39, 0.29) is 12.1 Å². The van der Waals surface area contributed by atoms with Gasteiger partial charge in [0.1, 0.15) is 0 Å². The molecule has 2 atom stereocenters. The number of likely N-dealkylation sites (N-methyl/N-ethyl adjacent to an activating group) is 2. The molecule has 0 aromatic carbocycles. The zero-order chi connectivity index (χ0) is 13.0. The van der Waals surface area contributed by atoms with E-state index in [2.05, 4.69) is 29.1 Å². The van der Waals surface area contributed by atoms with Gasteiger partial charge in [0, 0.05) is 24.7 Å². The van der Waals surface area contributed by atoms with Gasteiger partial charge in [-0.1, -0.05) is 6.92 Å². The van der Waals surface area contributed by atoms with Crippen molar-refractivity contribution in [2.24, 2.45) is 0 Å². The molecule has 2 unspecified atom stereocenters. The summed E-state index contributed by atoms with van der Waals surface area (Å²) in [4.78, 5) is 5.08. The predicted octanol–water partition coefficient (Wildman–Crippen LogP) is 0.517. The third-order valence-corrected chi connectivity index (χ3v) is 4.71. The third kappa shape index (κ3) is 3.23. The van der Waals surface area contributed by atoms with Crippen LogP contribution in [-0.2, 0) is 0 Å². The molecule has 4 nitrogen and oxygen atoms in total. The van der Waals surface area contributed by atoms with Gasteiger partial charge in [0.2, 0.25) is 0 Å². The first-order valence-electron chi connectivity index (χ1n) is 7.47. The van der Waals surface area contributed by atoms with E-state index in [9.17, 15) is 5.11 Å². The first kappa shape index (κ1) is 14.3. The Balaban J connectivity index is 1.91. The minimum absolute atomic E-state index is 0.00236. The van der Waals surface area contributed by atoms with Crippen LogP contribution >= 0.6 is 0 Å². The summed E-state index contributed by atoms with van der Waals surface area (Å²) in [5.74, 6) is 0. The summed E-state index contributed by atoms with van der Waals surface area (Å²) in [6, 6.07) is 0.669. The summed E-state index contributed by atoms with van der Waals surface area (Å²) in [6.45, 7) is 8.19. The molecule has 2 fully saturated rings. The molecule has 1 heterocycles. The van der Waals surface area contributed by atoms with E-state index in [1.165, 1.54) is 39.0 Å². The molecule has 0 spiro atoms. The van der Waals surface area contributed by atoms with Gasteiger partial charge in [0.25, 0.3) is 0 Å². The minimum atomic E-state index is -0.00236. The Morgan fingerprint density at radius 2 is 2.11 bits per heavy atom. The Hall–Kier alpha value is -0.160. The van der Waals surface area contributed by atoms with Gasteiger partial charge in [-0.2, -0.15) is 0 Å². The van der Waals surface area contributed by atoms with Gasteiger partial charge in [-0.3, -0.25) is 4.90 Å². The summed E-state index contributed by atoms with van der Waals surface area (Å²) < 4.78 is 0. The average molecular weight is 255 g/mol. The normalized spacial score (nSPS) is 35.8. The molecule has 1 saturated carbocycles. The predicted molar refractivity (Wildman–Crippen MR) is 74.8 cm³/mol. The Morgan fingerprint density at radius 1 is 1.28 bits per heavy atom. The van der Waals surface area contributed by atoms with Crippen molar-refractivity contribution in [2.75, 3.05) is 46.4 Å². The number of aliphatic hydroxyl groups is 1. The molecule has 2 aliphatic rings. The maximum Gasteiger partial charge on any atom is 0.0613 e. The molecule has 2 N–H and O–H groups in total. The van der Waals surface area contributed by atoms with Gasteiger partial charge in [0.15, 0.2) is 0 Å². The molecular weight excluding hydrogens is 226 g/mol. The molecule has 2 rings (SSSR count). The van der Waals surface area contributed by atoms with Crippen molar-refractivity contribution in [1.82, 2.24) is 15.1 Å². The fourth-order valence-corrected chi connectivity index (χ4v) is 3.58. The maximum absolute atomic E-state index is 9.67. The van der Waals surface area contributed by atoms with E-state index in [1.807, 2.05) is 0 Å². The standard InChI is InChI=1S/C14H29N3O/c1-3-15-14(12-18)6-5-13(11-14)17-8-4-7-16(2)9-10-17/h13,15,18H,3-12H2,1-2H3. The maximum atomic E-state index is 9.67. The molecule has 18 heavy (non-hydrogen) atoms. The van der Waals surface area contributed by atoms with Gasteiger partial charge >= 0.3 is 0 Å². The lowest BCUT2D eigenvalue weighted by Crippen LogP contribution is -2.48. The Morgan fingerprint density at radius 3 is 2.83 bits per heavy atom. The molecule has 106 valence electrons. The molecule has 0 aromatic heterocycles. The molecule has 1 saturated heterocycles. The number of hydrogen-bond donors (Lipinski definition) is 2. The van der Waals surface area contributed by atoms with Crippen LogP contribution in [0.4, 0.5) is 0 Å². The minimum Gasteiger partial charge on any atom is -0.394 e. The largest absolute Gasteiger partial charge is 0.394 e. The van der Waals surface area contributed by atoms with Crippen molar-refractivity contribution in [2.45, 2.75) is 44.2 Å². The highest BCUT2D eigenvalue weighted by molar-refractivity contribution is 4.99. The topological polar surface area (TPSA) is 38.7 Å². The number of nitrogens with one attached hydrogen (secondary N) is 1. The molecule has 0 radical (unpaired) electrons. The lowest BCUT2D eigenvalue weighted by molar-refractivity contribution is 0.145. The van der Waals surface area contributed by atoms with E-state index in [0.29, 0.717) is 6.04 Å². The highest BCUT2D eigenvalue weighted by atomic mass is 16.3. The van der Waals surface area contributed by atoms with Crippen LogP contribution in [0, 0.1) is 0 Å². The van der Waals surface area contributed by atoms with Crippen molar-refractivity contribution in [3.8, 4) is 0 Å². The summed E-state index contributed by atoms with van der Waals surface area (Å²) in [6.07, 6.45) is 4.74. The van der Waals surface area contributed by atoms with E-state index >= 15 is 0 Å². The van der Waals surface area contributed by atoms with Crippen LogP contribution in [0.3, 0.4) is 0 Å². The third-order valence-electron chi connectivity index (χ3n) is 4.71. The Bertz CT molecular complexity index is 261. The van der Waals surface area contributed by atoms with Crippen LogP contribution < -0.4 is 5.32 Å². The zero-order valence-electron chi connectivity index (χ0n) is 12.0. The summed E-state index contributed by atoms with van der Waals surface area (Å²) in [5.41, 5.74) is -0.00236. The van der Waals surface area contributed by atoms with E-state index in [1.54, 1.807) is 0 Å². The molecule has 1 aliphatic carbocycles. The van der Waals surface area contributed by atoms with E-state index < -0.39 is 0 Å². The highest BCUT2D eigenvalue weighted by Gasteiger charge is 2.40. The summed E-state index contributed by atoms with van der Waals surface area (Å²) in [5, 5.41) is 13.2. The van der Waals surface area contributed by atoms with Gasteiger partial charge in [-0.05, 0) is 52.4 Å². The van der Waals surface area contributed by atoms with Gasteiger partial charge < -0.3 is 15.3 Å². The molecule has 4 heteroatoms. The zero-order valence-corrected chi connectivity index (χ0v) is 12.0. The second-order valence-corrected chi connectivity index (χ2v) is 6.06. The molecule has 0 aromatic rings. The number of aliphatic hydroxyl groups excluding tert-OH is 1. The monoisotopic (exact) mass is 255 g/mol. The van der Waals surface area contributed by atoms with Crippen molar-refractivity contribution in [3.05, 3.63) is 0 Å². The SMILES string of the molecule is CCNC1(CO)CCC(N2CCCN(C)CC2)C1. The van der Waals surface area contributed by atoms with Crippen molar-refractivity contribution in [3.63, 3.8) is 0 Å². The van der Waals surface area contributed by atoms with Crippen molar-refractivity contribution < 1.29 is 5.11 Å². The quantitative estimate of drug-likeness (QED) is 0.768. The smallest absolute Gasteiger partial charge is 0.0613 e. The van der Waals surface area contributed by atoms with Crippen LogP contribution in [0.15, 0.2) is 0 Å². The lowest BCUT2D eigenvalue weighted by Gasteiger charge is -2.31. The number of hydrogen-bond acceptors (Lipinski definition) is 4. The van der Waals surface area contributed by atoms with Crippen LogP contribution in [0.5, 0.6) is 0 Å².